The molecule has 1 aromatic carbocycles. The molecule has 0 saturated heterocycles. The van der Waals surface area contributed by atoms with E-state index in [2.05, 4.69) is 12.2 Å². The first-order chi connectivity index (χ1) is 11.7. The van der Waals surface area contributed by atoms with E-state index in [9.17, 15) is 4.79 Å². The molecule has 2 bridgehead atoms. The average molecular weight is 327 g/mol. The third-order valence-electron chi connectivity index (χ3n) is 6.52. The van der Waals surface area contributed by atoms with Crippen LogP contribution in [0.4, 0.5) is 0 Å². The van der Waals surface area contributed by atoms with Gasteiger partial charge in [0.05, 0.1) is 6.10 Å². The van der Waals surface area contributed by atoms with E-state index in [-0.39, 0.29) is 11.9 Å². The van der Waals surface area contributed by atoms with Crippen LogP contribution in [0, 0.1) is 17.8 Å². The maximum Gasteiger partial charge on any atom is 0.251 e. The molecule has 1 N–H and O–H groups in total. The van der Waals surface area contributed by atoms with Crippen LogP contribution < -0.4 is 10.1 Å². The largest absolute Gasteiger partial charge is 0.490 e. The lowest BCUT2D eigenvalue weighted by molar-refractivity contribution is 0.0915. The zero-order chi connectivity index (χ0) is 16.5. The molecule has 3 aliphatic rings. The molecule has 130 valence electrons. The number of ether oxygens (including phenoxy) is 1. The lowest BCUT2D eigenvalue weighted by Crippen LogP contribution is -2.40. The molecule has 4 rings (SSSR count). The monoisotopic (exact) mass is 327 g/mol. The van der Waals surface area contributed by atoms with Gasteiger partial charge >= 0.3 is 0 Å². The molecule has 3 saturated carbocycles. The summed E-state index contributed by atoms with van der Waals surface area (Å²) in [5.74, 6) is 3.38. The van der Waals surface area contributed by atoms with Crippen LogP contribution in [0.3, 0.4) is 0 Å². The summed E-state index contributed by atoms with van der Waals surface area (Å²) in [6.45, 7) is 2.18. The number of hydrogen-bond acceptors (Lipinski definition) is 2. The molecule has 0 radical (unpaired) electrons. The van der Waals surface area contributed by atoms with E-state index >= 15 is 0 Å². The van der Waals surface area contributed by atoms with Gasteiger partial charge in [0.2, 0.25) is 0 Å². The second-order valence-electron chi connectivity index (χ2n) is 8.15. The van der Waals surface area contributed by atoms with Crippen LogP contribution >= 0.6 is 0 Å². The highest BCUT2D eigenvalue weighted by atomic mass is 16.5. The molecule has 1 amide bonds. The smallest absolute Gasteiger partial charge is 0.251 e. The number of fused-ring (bicyclic) bond motifs is 2. The van der Waals surface area contributed by atoms with Gasteiger partial charge in [-0.05, 0) is 93.9 Å². The van der Waals surface area contributed by atoms with Crippen molar-refractivity contribution in [3.63, 3.8) is 0 Å². The minimum Gasteiger partial charge on any atom is -0.490 e. The fourth-order valence-electron chi connectivity index (χ4n) is 5.19. The third kappa shape index (κ3) is 3.31. The minimum atomic E-state index is 0.0534. The number of amides is 1. The molecule has 1 aromatic rings. The molecule has 3 heteroatoms. The summed E-state index contributed by atoms with van der Waals surface area (Å²) in [6, 6.07) is 7.95. The number of nitrogens with one attached hydrogen (secondary N) is 1. The van der Waals surface area contributed by atoms with Gasteiger partial charge in [-0.3, -0.25) is 4.79 Å². The topological polar surface area (TPSA) is 38.3 Å². The first kappa shape index (κ1) is 16.0. The standard InChI is InChI=1S/C21H29NO2/c1-14(20-13-15-6-7-17(20)12-15)22-21(23)16-8-10-19(11-9-16)24-18-4-2-3-5-18/h8-11,14-15,17-18,20H,2-7,12-13H2,1H3,(H,22,23)/t14-,15-,17-,20-/m1/s1. The van der Waals surface area contributed by atoms with Crippen LogP contribution in [0.2, 0.25) is 0 Å². The summed E-state index contributed by atoms with van der Waals surface area (Å²) in [6.07, 6.45) is 10.7. The molecule has 0 spiro atoms. The van der Waals surface area contributed by atoms with E-state index in [0.29, 0.717) is 12.0 Å². The lowest BCUT2D eigenvalue weighted by Gasteiger charge is -2.28. The molecule has 3 fully saturated rings. The Balaban J connectivity index is 1.32. The third-order valence-corrected chi connectivity index (χ3v) is 6.52. The van der Waals surface area contributed by atoms with Gasteiger partial charge in [-0.2, -0.15) is 0 Å². The summed E-state index contributed by atoms with van der Waals surface area (Å²) in [5, 5.41) is 3.24. The lowest BCUT2D eigenvalue weighted by atomic mass is 9.84. The fraction of sp³-hybridized carbons (Fsp3) is 0.667. The molecular weight excluding hydrogens is 298 g/mol. The van der Waals surface area contributed by atoms with Crippen LogP contribution in [-0.2, 0) is 0 Å². The van der Waals surface area contributed by atoms with Crippen molar-refractivity contribution >= 4 is 5.91 Å². The Kier molecular flexibility index (Phi) is 4.51. The van der Waals surface area contributed by atoms with Gasteiger partial charge in [-0.1, -0.05) is 6.42 Å². The highest BCUT2D eigenvalue weighted by Crippen LogP contribution is 2.49. The Morgan fingerprint density at radius 2 is 1.83 bits per heavy atom. The molecule has 0 heterocycles. The zero-order valence-corrected chi connectivity index (χ0v) is 14.7. The summed E-state index contributed by atoms with van der Waals surface area (Å²) < 4.78 is 5.97. The number of rotatable bonds is 5. The number of carbonyl (C=O) groups is 1. The predicted molar refractivity (Wildman–Crippen MR) is 95.2 cm³/mol. The fourth-order valence-corrected chi connectivity index (χ4v) is 5.19. The molecule has 3 nitrogen and oxygen atoms in total. The van der Waals surface area contributed by atoms with Gasteiger partial charge in [-0.25, -0.2) is 0 Å². The maximum absolute atomic E-state index is 12.5. The second-order valence-corrected chi connectivity index (χ2v) is 8.15. The van der Waals surface area contributed by atoms with E-state index in [1.165, 1.54) is 38.5 Å². The van der Waals surface area contributed by atoms with Crippen molar-refractivity contribution in [2.24, 2.45) is 17.8 Å². The number of carbonyl (C=O) groups excluding carboxylic acids is 1. The maximum atomic E-state index is 12.5. The Morgan fingerprint density at radius 1 is 1.08 bits per heavy atom. The van der Waals surface area contributed by atoms with Crippen LogP contribution in [0.1, 0.15) is 68.6 Å². The van der Waals surface area contributed by atoms with Crippen LogP contribution in [0.5, 0.6) is 5.75 Å². The summed E-state index contributed by atoms with van der Waals surface area (Å²) >= 11 is 0. The SMILES string of the molecule is C[C@@H](NC(=O)c1ccc(OC2CCCC2)cc1)[C@H]1C[C@@H]2CC[C@@H]1C2. The first-order valence-corrected chi connectivity index (χ1v) is 9.76. The van der Waals surface area contributed by atoms with E-state index in [0.717, 1.165) is 36.0 Å². The van der Waals surface area contributed by atoms with Crippen LogP contribution in [0.15, 0.2) is 24.3 Å². The average Bonchev–Trinajstić information content (AvgIpc) is 3.33. The first-order valence-electron chi connectivity index (χ1n) is 9.76. The Hall–Kier alpha value is -1.51. The van der Waals surface area contributed by atoms with E-state index < -0.39 is 0 Å². The van der Waals surface area contributed by atoms with Crippen LogP contribution in [0.25, 0.3) is 0 Å². The molecule has 3 aliphatic carbocycles. The van der Waals surface area contributed by atoms with Crippen LogP contribution in [-0.4, -0.2) is 18.1 Å². The Bertz CT molecular complexity index is 576. The summed E-state index contributed by atoms with van der Waals surface area (Å²) in [7, 11) is 0. The number of hydrogen-bond donors (Lipinski definition) is 1. The van der Waals surface area contributed by atoms with Crippen molar-refractivity contribution < 1.29 is 9.53 Å². The van der Waals surface area contributed by atoms with Gasteiger partial charge in [0.1, 0.15) is 5.75 Å². The summed E-state index contributed by atoms with van der Waals surface area (Å²) in [5.41, 5.74) is 0.740. The minimum absolute atomic E-state index is 0.0534. The molecule has 24 heavy (non-hydrogen) atoms. The molecule has 0 unspecified atom stereocenters. The molecule has 0 aromatic heterocycles. The predicted octanol–water partition coefficient (Wildman–Crippen LogP) is 4.56. The number of benzene rings is 1. The van der Waals surface area contributed by atoms with E-state index in [1.807, 2.05) is 24.3 Å². The van der Waals surface area contributed by atoms with Crippen molar-refractivity contribution in [1.29, 1.82) is 0 Å². The van der Waals surface area contributed by atoms with E-state index in [1.54, 1.807) is 0 Å². The normalized spacial score (nSPS) is 30.5. The van der Waals surface area contributed by atoms with Gasteiger partial charge in [-0.15, -0.1) is 0 Å². The highest BCUT2D eigenvalue weighted by molar-refractivity contribution is 5.94. The highest BCUT2D eigenvalue weighted by Gasteiger charge is 2.42. The molecular formula is C21H29NO2. The van der Waals surface area contributed by atoms with Crippen molar-refractivity contribution in [3.8, 4) is 5.75 Å². The van der Waals surface area contributed by atoms with Gasteiger partial charge in [0.25, 0.3) is 5.91 Å². The van der Waals surface area contributed by atoms with Gasteiger partial charge in [0.15, 0.2) is 0 Å². The Morgan fingerprint density at radius 3 is 2.46 bits per heavy atom. The zero-order valence-electron chi connectivity index (χ0n) is 14.7. The van der Waals surface area contributed by atoms with E-state index in [4.69, 9.17) is 4.74 Å². The Labute approximate surface area is 145 Å². The quantitative estimate of drug-likeness (QED) is 0.861. The molecule has 0 aliphatic heterocycles. The van der Waals surface area contributed by atoms with Gasteiger partial charge in [0, 0.05) is 11.6 Å². The van der Waals surface area contributed by atoms with Crippen molar-refractivity contribution in [3.05, 3.63) is 29.8 Å². The molecule has 4 atom stereocenters. The second kappa shape index (κ2) is 6.78. The summed E-state index contributed by atoms with van der Waals surface area (Å²) in [4.78, 5) is 12.5. The van der Waals surface area contributed by atoms with Gasteiger partial charge < -0.3 is 10.1 Å². The van der Waals surface area contributed by atoms with Crippen molar-refractivity contribution in [1.82, 2.24) is 5.32 Å². The van der Waals surface area contributed by atoms with Crippen molar-refractivity contribution in [2.45, 2.75) is 70.4 Å². The van der Waals surface area contributed by atoms with Crippen molar-refractivity contribution in [2.75, 3.05) is 0 Å².